The number of hydrogen-bond donors (Lipinski definition) is 1. The van der Waals surface area contributed by atoms with Crippen LogP contribution in [0, 0.1) is 6.92 Å². The molecule has 0 aliphatic carbocycles. The van der Waals surface area contributed by atoms with Gasteiger partial charge in [0.05, 0.1) is 17.3 Å². The number of thioether (sulfide) groups is 1. The highest BCUT2D eigenvalue weighted by Gasteiger charge is 2.19. The number of benzene rings is 1. The van der Waals surface area contributed by atoms with Crippen LogP contribution >= 0.6 is 34.4 Å². The average molecular weight is 468 g/mol. The number of aryl methyl sites for hydroxylation is 1. The highest BCUT2D eigenvalue weighted by atomic mass is 32.2. The Bertz CT molecular complexity index is 1260. The van der Waals surface area contributed by atoms with Gasteiger partial charge in [0.2, 0.25) is 5.91 Å². The van der Waals surface area contributed by atoms with Crippen molar-refractivity contribution in [2.45, 2.75) is 24.7 Å². The number of amides is 1. The lowest BCUT2D eigenvalue weighted by Gasteiger charge is -2.18. The van der Waals surface area contributed by atoms with Crippen molar-refractivity contribution in [2.75, 3.05) is 5.75 Å². The van der Waals surface area contributed by atoms with Crippen LogP contribution in [0.4, 0.5) is 0 Å². The van der Waals surface area contributed by atoms with Crippen LogP contribution < -0.4 is 10.9 Å². The number of hydrogen-bond acceptors (Lipinski definition) is 6. The first kappa shape index (κ1) is 21.5. The zero-order valence-electron chi connectivity index (χ0n) is 16.9. The molecule has 5 nitrogen and oxygen atoms in total. The molecular formula is C23H21N3O2S3. The first-order valence-corrected chi connectivity index (χ1v) is 12.4. The van der Waals surface area contributed by atoms with Gasteiger partial charge in [0, 0.05) is 11.4 Å². The van der Waals surface area contributed by atoms with Crippen LogP contribution in [0.1, 0.15) is 22.0 Å². The van der Waals surface area contributed by atoms with Gasteiger partial charge in [-0.15, -0.1) is 29.3 Å². The van der Waals surface area contributed by atoms with Gasteiger partial charge in [0.15, 0.2) is 5.16 Å². The van der Waals surface area contributed by atoms with Crippen molar-refractivity contribution in [3.63, 3.8) is 0 Å². The maximum atomic E-state index is 12.9. The van der Waals surface area contributed by atoms with E-state index in [4.69, 9.17) is 0 Å². The van der Waals surface area contributed by atoms with E-state index in [1.807, 2.05) is 60.1 Å². The Morgan fingerprint density at radius 1 is 1.23 bits per heavy atom. The first-order valence-electron chi connectivity index (χ1n) is 9.68. The number of carbonyl (C=O) groups excluding carboxylic acids is 1. The number of rotatable bonds is 8. The maximum absolute atomic E-state index is 12.9. The summed E-state index contributed by atoms with van der Waals surface area (Å²) in [6, 6.07) is 13.8. The molecule has 158 valence electrons. The molecule has 0 aliphatic heterocycles. The molecule has 0 radical (unpaired) electrons. The molecule has 0 saturated carbocycles. The molecule has 8 heteroatoms. The van der Waals surface area contributed by atoms with E-state index < -0.39 is 0 Å². The molecule has 31 heavy (non-hydrogen) atoms. The van der Waals surface area contributed by atoms with Crippen molar-refractivity contribution in [1.82, 2.24) is 14.9 Å². The zero-order chi connectivity index (χ0) is 21.8. The Morgan fingerprint density at radius 2 is 2.03 bits per heavy atom. The van der Waals surface area contributed by atoms with Gasteiger partial charge < -0.3 is 5.32 Å². The number of thiophene rings is 2. The normalized spacial score (nSPS) is 12.0. The molecular weight excluding hydrogens is 446 g/mol. The Labute approximate surface area is 192 Å². The molecule has 0 spiro atoms. The number of nitrogens with zero attached hydrogens (tertiary/aromatic N) is 2. The molecule has 3 aromatic heterocycles. The second kappa shape index (κ2) is 9.64. The van der Waals surface area contributed by atoms with Crippen LogP contribution in [-0.2, 0) is 11.3 Å². The Kier molecular flexibility index (Phi) is 6.70. The van der Waals surface area contributed by atoms with Crippen LogP contribution in [0.5, 0.6) is 0 Å². The number of nitrogens with one attached hydrogen (secondary N) is 1. The third kappa shape index (κ3) is 4.81. The second-order valence-electron chi connectivity index (χ2n) is 6.95. The van der Waals surface area contributed by atoms with Gasteiger partial charge in [0.25, 0.3) is 5.56 Å². The largest absolute Gasteiger partial charge is 0.344 e. The minimum Gasteiger partial charge on any atom is -0.344 e. The summed E-state index contributed by atoms with van der Waals surface area (Å²) >= 11 is 4.25. The fourth-order valence-electron chi connectivity index (χ4n) is 3.19. The third-order valence-corrected chi connectivity index (χ3v) is 7.52. The summed E-state index contributed by atoms with van der Waals surface area (Å²) in [4.78, 5) is 31.3. The highest BCUT2D eigenvalue weighted by Crippen LogP contribution is 2.27. The summed E-state index contributed by atoms with van der Waals surface area (Å²) in [7, 11) is 0. The standard InChI is InChI=1S/C23H21N3O2S3/c1-3-11-26-22(28)21-17(10-13-30-21)24-23(26)31-14-19(27)25-20(18-5-4-12-29-18)16-8-6-15(2)7-9-16/h3-10,12-13,20H,1,11,14H2,2H3,(H,25,27). The lowest BCUT2D eigenvalue weighted by atomic mass is 10.0. The molecule has 4 rings (SSSR count). The van der Waals surface area contributed by atoms with E-state index in [0.29, 0.717) is 21.9 Å². The SMILES string of the molecule is C=CCn1c(SCC(=O)NC(c2ccc(C)cc2)c2cccs2)nc2ccsc2c1=O. The van der Waals surface area contributed by atoms with E-state index in [1.165, 1.54) is 28.7 Å². The molecule has 1 atom stereocenters. The van der Waals surface area contributed by atoms with E-state index in [2.05, 4.69) is 16.9 Å². The number of allylic oxidation sites excluding steroid dienone is 1. The summed E-state index contributed by atoms with van der Waals surface area (Å²) in [6.45, 7) is 6.13. The van der Waals surface area contributed by atoms with Gasteiger partial charge in [-0.1, -0.05) is 53.7 Å². The molecule has 0 aliphatic rings. The quantitative estimate of drug-likeness (QED) is 0.225. The number of carbonyl (C=O) groups is 1. The Balaban J connectivity index is 1.54. The van der Waals surface area contributed by atoms with E-state index in [-0.39, 0.29) is 23.3 Å². The van der Waals surface area contributed by atoms with Crippen LogP contribution in [0.15, 0.2) is 75.8 Å². The number of fused-ring (bicyclic) bond motifs is 1. The van der Waals surface area contributed by atoms with Gasteiger partial charge in [-0.25, -0.2) is 4.98 Å². The van der Waals surface area contributed by atoms with Gasteiger partial charge in [-0.3, -0.25) is 14.2 Å². The smallest absolute Gasteiger partial charge is 0.272 e. The van der Waals surface area contributed by atoms with Gasteiger partial charge in [0.1, 0.15) is 4.70 Å². The fraction of sp³-hybridized carbons (Fsp3) is 0.174. The summed E-state index contributed by atoms with van der Waals surface area (Å²) in [5.41, 5.74) is 2.77. The lowest BCUT2D eigenvalue weighted by Crippen LogP contribution is -2.30. The van der Waals surface area contributed by atoms with Crippen molar-refractivity contribution in [2.24, 2.45) is 0 Å². The van der Waals surface area contributed by atoms with Crippen molar-refractivity contribution in [1.29, 1.82) is 0 Å². The predicted octanol–water partition coefficient (Wildman–Crippen LogP) is 5.01. The first-order chi connectivity index (χ1) is 15.1. The molecule has 0 fully saturated rings. The van der Waals surface area contributed by atoms with E-state index >= 15 is 0 Å². The van der Waals surface area contributed by atoms with Crippen LogP contribution in [0.2, 0.25) is 0 Å². The van der Waals surface area contributed by atoms with Gasteiger partial charge >= 0.3 is 0 Å². The molecule has 1 amide bonds. The molecule has 4 aromatic rings. The Hall–Kier alpha value is -2.68. The Morgan fingerprint density at radius 3 is 2.74 bits per heavy atom. The van der Waals surface area contributed by atoms with Gasteiger partial charge in [-0.2, -0.15) is 0 Å². The minimum atomic E-state index is -0.212. The van der Waals surface area contributed by atoms with Crippen molar-refractivity contribution >= 4 is 50.6 Å². The second-order valence-corrected chi connectivity index (χ2v) is 9.79. The molecule has 0 bridgehead atoms. The van der Waals surface area contributed by atoms with Crippen LogP contribution in [0.3, 0.4) is 0 Å². The molecule has 1 aromatic carbocycles. The van der Waals surface area contributed by atoms with Crippen molar-refractivity contribution < 1.29 is 4.79 Å². The van der Waals surface area contributed by atoms with Crippen molar-refractivity contribution in [3.8, 4) is 0 Å². The third-order valence-electron chi connectivity index (χ3n) is 4.72. The maximum Gasteiger partial charge on any atom is 0.272 e. The molecule has 1 unspecified atom stereocenters. The minimum absolute atomic E-state index is 0.0982. The topological polar surface area (TPSA) is 64.0 Å². The van der Waals surface area contributed by atoms with Crippen LogP contribution in [-0.4, -0.2) is 21.2 Å². The molecule has 0 saturated heterocycles. The summed E-state index contributed by atoms with van der Waals surface area (Å²) < 4.78 is 2.19. The molecule has 1 N–H and O–H groups in total. The van der Waals surface area contributed by atoms with E-state index in [0.717, 1.165) is 10.4 Å². The van der Waals surface area contributed by atoms with Gasteiger partial charge in [-0.05, 0) is 35.4 Å². The predicted molar refractivity (Wildman–Crippen MR) is 130 cm³/mol. The van der Waals surface area contributed by atoms with Crippen molar-refractivity contribution in [3.05, 3.63) is 92.2 Å². The van der Waals surface area contributed by atoms with E-state index in [1.54, 1.807) is 22.0 Å². The average Bonchev–Trinajstić information content (AvgIpc) is 3.46. The monoisotopic (exact) mass is 467 g/mol. The molecule has 3 heterocycles. The van der Waals surface area contributed by atoms with E-state index in [9.17, 15) is 9.59 Å². The number of aromatic nitrogens is 2. The van der Waals surface area contributed by atoms with Crippen LogP contribution in [0.25, 0.3) is 10.2 Å². The summed E-state index contributed by atoms with van der Waals surface area (Å²) in [5.74, 6) is 0.0428. The fourth-order valence-corrected chi connectivity index (χ4v) is 5.59. The summed E-state index contributed by atoms with van der Waals surface area (Å²) in [6.07, 6.45) is 1.66. The lowest BCUT2D eigenvalue weighted by molar-refractivity contribution is -0.119. The highest BCUT2D eigenvalue weighted by molar-refractivity contribution is 7.99. The zero-order valence-corrected chi connectivity index (χ0v) is 19.4. The summed E-state index contributed by atoms with van der Waals surface area (Å²) in [5, 5.41) is 7.52.